The fourth-order valence-corrected chi connectivity index (χ4v) is 1.78. The lowest BCUT2D eigenvalue weighted by Crippen LogP contribution is -2.12. The van der Waals surface area contributed by atoms with Crippen molar-refractivity contribution in [3.8, 4) is 5.75 Å². The molecule has 5 heteroatoms. The molecule has 2 aromatic rings. The van der Waals surface area contributed by atoms with E-state index in [1.807, 2.05) is 25.2 Å². The quantitative estimate of drug-likeness (QED) is 0.903. The summed E-state index contributed by atoms with van der Waals surface area (Å²) in [6.45, 7) is 2.39. The molecule has 0 aliphatic carbocycles. The second kappa shape index (κ2) is 5.89. The van der Waals surface area contributed by atoms with Gasteiger partial charge in [-0.25, -0.2) is 0 Å². The van der Waals surface area contributed by atoms with Gasteiger partial charge in [-0.1, -0.05) is 22.8 Å². The van der Waals surface area contributed by atoms with Crippen LogP contribution >= 0.6 is 11.6 Å². The highest BCUT2D eigenvalue weighted by Gasteiger charge is 2.08. The summed E-state index contributed by atoms with van der Waals surface area (Å²) in [6, 6.07) is 7.76. The van der Waals surface area contributed by atoms with E-state index in [9.17, 15) is 0 Å². The van der Waals surface area contributed by atoms with E-state index >= 15 is 0 Å². The van der Waals surface area contributed by atoms with Crippen molar-refractivity contribution in [3.63, 3.8) is 0 Å². The van der Waals surface area contributed by atoms with Gasteiger partial charge in [-0.05, 0) is 31.7 Å². The van der Waals surface area contributed by atoms with Crippen LogP contribution in [0.1, 0.15) is 24.3 Å². The Morgan fingerprint density at radius 3 is 2.89 bits per heavy atom. The Morgan fingerprint density at radius 2 is 2.28 bits per heavy atom. The number of hydrogen-bond acceptors (Lipinski definition) is 4. The molecule has 0 aliphatic heterocycles. The summed E-state index contributed by atoms with van der Waals surface area (Å²) in [7, 11) is 1.91. The van der Waals surface area contributed by atoms with Gasteiger partial charge in [0.15, 0.2) is 5.76 Å². The van der Waals surface area contributed by atoms with Crippen molar-refractivity contribution >= 4 is 11.6 Å². The molecule has 18 heavy (non-hydrogen) atoms. The van der Waals surface area contributed by atoms with E-state index in [1.54, 1.807) is 12.3 Å². The maximum Gasteiger partial charge on any atom is 0.174 e. The Labute approximate surface area is 111 Å². The van der Waals surface area contributed by atoms with Gasteiger partial charge in [-0.3, -0.25) is 0 Å². The van der Waals surface area contributed by atoms with Crippen molar-refractivity contribution < 1.29 is 9.26 Å². The molecule has 1 atom stereocenters. The molecule has 1 N–H and O–H groups in total. The minimum Gasteiger partial charge on any atom is -0.484 e. The minimum atomic E-state index is 0.255. The van der Waals surface area contributed by atoms with Crippen LogP contribution in [0.15, 0.2) is 35.0 Å². The van der Waals surface area contributed by atoms with E-state index in [2.05, 4.69) is 17.4 Å². The summed E-state index contributed by atoms with van der Waals surface area (Å²) in [5.74, 6) is 1.30. The summed E-state index contributed by atoms with van der Waals surface area (Å²) in [4.78, 5) is 0. The van der Waals surface area contributed by atoms with E-state index in [0.29, 0.717) is 23.1 Å². The van der Waals surface area contributed by atoms with E-state index < -0.39 is 0 Å². The molecule has 0 amide bonds. The molecule has 1 aromatic carbocycles. The maximum absolute atomic E-state index is 6.17. The Kier molecular flexibility index (Phi) is 4.23. The molecule has 1 unspecified atom stereocenters. The molecule has 0 aliphatic rings. The summed E-state index contributed by atoms with van der Waals surface area (Å²) in [5, 5.41) is 7.36. The summed E-state index contributed by atoms with van der Waals surface area (Å²) in [5.41, 5.74) is 1.12. The van der Waals surface area contributed by atoms with Crippen molar-refractivity contribution in [3.05, 3.63) is 46.8 Å². The molecule has 96 valence electrons. The summed E-state index contributed by atoms with van der Waals surface area (Å²) < 4.78 is 10.5. The number of hydrogen-bond donors (Lipinski definition) is 1. The first-order chi connectivity index (χ1) is 8.70. The molecule has 0 radical (unpaired) electrons. The van der Waals surface area contributed by atoms with Crippen molar-refractivity contribution in [2.45, 2.75) is 19.6 Å². The van der Waals surface area contributed by atoms with Crippen LogP contribution in [-0.2, 0) is 6.61 Å². The highest BCUT2D eigenvalue weighted by atomic mass is 35.5. The number of nitrogens with zero attached hydrogens (tertiary/aromatic N) is 1. The van der Waals surface area contributed by atoms with E-state index in [-0.39, 0.29) is 6.04 Å². The molecule has 4 nitrogen and oxygen atoms in total. The van der Waals surface area contributed by atoms with E-state index in [0.717, 1.165) is 5.56 Å². The predicted octanol–water partition coefficient (Wildman–Crippen LogP) is 3.19. The zero-order chi connectivity index (χ0) is 13.0. The Bertz CT molecular complexity index is 500. The largest absolute Gasteiger partial charge is 0.484 e. The lowest BCUT2D eigenvalue weighted by Gasteiger charge is -2.13. The molecule has 1 heterocycles. The van der Waals surface area contributed by atoms with Crippen molar-refractivity contribution in [1.82, 2.24) is 10.5 Å². The van der Waals surface area contributed by atoms with Crippen LogP contribution in [-0.4, -0.2) is 12.2 Å². The first-order valence-electron chi connectivity index (χ1n) is 5.69. The molecule has 0 saturated carbocycles. The van der Waals surface area contributed by atoms with Crippen LogP contribution in [0.5, 0.6) is 5.75 Å². The fourth-order valence-electron chi connectivity index (χ4n) is 1.54. The minimum absolute atomic E-state index is 0.255. The third-order valence-corrected chi connectivity index (χ3v) is 3.05. The predicted molar refractivity (Wildman–Crippen MR) is 69.8 cm³/mol. The number of aromatic nitrogens is 1. The number of nitrogens with one attached hydrogen (secondary N) is 1. The smallest absolute Gasteiger partial charge is 0.174 e. The monoisotopic (exact) mass is 266 g/mol. The van der Waals surface area contributed by atoms with E-state index in [1.165, 1.54) is 0 Å². The molecule has 0 spiro atoms. The SMILES string of the molecule is CNC(C)c1ccc(OCc2ccno2)c(Cl)c1. The maximum atomic E-state index is 6.17. The second-order valence-corrected chi connectivity index (χ2v) is 4.37. The van der Waals surface area contributed by atoms with Crippen molar-refractivity contribution in [2.75, 3.05) is 7.05 Å². The van der Waals surface area contributed by atoms with Gasteiger partial charge in [0, 0.05) is 12.1 Å². The molecule has 0 saturated heterocycles. The van der Waals surface area contributed by atoms with Crippen LogP contribution in [0, 0.1) is 0 Å². The number of ether oxygens (including phenoxy) is 1. The topological polar surface area (TPSA) is 47.3 Å². The Hall–Kier alpha value is -1.52. The van der Waals surface area contributed by atoms with Gasteiger partial charge in [0.2, 0.25) is 0 Å². The van der Waals surface area contributed by atoms with Crippen LogP contribution < -0.4 is 10.1 Å². The zero-order valence-corrected chi connectivity index (χ0v) is 11.1. The van der Waals surface area contributed by atoms with Gasteiger partial charge in [0.25, 0.3) is 0 Å². The van der Waals surface area contributed by atoms with Gasteiger partial charge in [0.05, 0.1) is 11.2 Å². The molecule has 0 fully saturated rings. The van der Waals surface area contributed by atoms with Crippen LogP contribution in [0.2, 0.25) is 5.02 Å². The highest BCUT2D eigenvalue weighted by molar-refractivity contribution is 6.32. The molecule has 1 aromatic heterocycles. The highest BCUT2D eigenvalue weighted by Crippen LogP contribution is 2.28. The van der Waals surface area contributed by atoms with Gasteiger partial charge in [-0.2, -0.15) is 0 Å². The van der Waals surface area contributed by atoms with Gasteiger partial charge in [-0.15, -0.1) is 0 Å². The van der Waals surface area contributed by atoms with Gasteiger partial charge in [0.1, 0.15) is 12.4 Å². The van der Waals surface area contributed by atoms with Crippen molar-refractivity contribution in [1.29, 1.82) is 0 Å². The first kappa shape index (κ1) is 12.9. The standard InChI is InChI=1S/C13H15ClN2O2/c1-9(15-2)10-3-4-13(12(14)7-10)17-8-11-5-6-16-18-11/h3-7,9,15H,8H2,1-2H3. The molecule has 0 bridgehead atoms. The number of benzene rings is 1. The molecular formula is C13H15ClN2O2. The fraction of sp³-hybridized carbons (Fsp3) is 0.308. The van der Waals surface area contributed by atoms with Gasteiger partial charge >= 0.3 is 0 Å². The Morgan fingerprint density at radius 1 is 1.44 bits per heavy atom. The summed E-state index contributed by atoms with van der Waals surface area (Å²) >= 11 is 6.17. The van der Waals surface area contributed by atoms with Crippen LogP contribution in [0.4, 0.5) is 0 Å². The first-order valence-corrected chi connectivity index (χ1v) is 6.07. The normalized spacial score (nSPS) is 12.4. The lowest BCUT2D eigenvalue weighted by atomic mass is 10.1. The zero-order valence-electron chi connectivity index (χ0n) is 10.3. The third kappa shape index (κ3) is 3.03. The third-order valence-electron chi connectivity index (χ3n) is 2.75. The van der Waals surface area contributed by atoms with E-state index in [4.69, 9.17) is 20.9 Å². The molecule has 2 rings (SSSR count). The molecular weight excluding hydrogens is 252 g/mol. The number of rotatable bonds is 5. The second-order valence-electron chi connectivity index (χ2n) is 3.97. The lowest BCUT2D eigenvalue weighted by molar-refractivity contribution is 0.249. The van der Waals surface area contributed by atoms with Gasteiger partial charge < -0.3 is 14.6 Å². The average Bonchev–Trinajstić information content (AvgIpc) is 2.89. The van der Waals surface area contributed by atoms with Crippen LogP contribution in [0.3, 0.4) is 0 Å². The number of halogens is 1. The van der Waals surface area contributed by atoms with Crippen molar-refractivity contribution in [2.24, 2.45) is 0 Å². The average molecular weight is 267 g/mol. The Balaban J connectivity index is 2.05. The summed E-state index contributed by atoms with van der Waals surface area (Å²) in [6.07, 6.45) is 1.58. The van der Waals surface area contributed by atoms with Crippen LogP contribution in [0.25, 0.3) is 0 Å².